The Bertz CT molecular complexity index is 1460. The Hall–Kier alpha value is -3.72. The molecule has 0 aliphatic heterocycles. The Labute approximate surface area is 198 Å². The largest absolute Gasteiger partial charge is 0.341 e. The number of nitrogens with one attached hydrogen (secondary N) is 1. The molecule has 0 saturated heterocycles. The number of benzene rings is 3. The van der Waals surface area contributed by atoms with Gasteiger partial charge in [-0.1, -0.05) is 54.6 Å². The van der Waals surface area contributed by atoms with Crippen molar-refractivity contribution in [2.24, 2.45) is 7.05 Å². The minimum Gasteiger partial charge on any atom is -0.341 e. The molecule has 1 unspecified atom stereocenters. The number of para-hydroxylation sites is 4. The third-order valence-corrected chi connectivity index (χ3v) is 6.33. The van der Waals surface area contributed by atoms with Crippen LogP contribution >= 0.6 is 11.8 Å². The van der Waals surface area contributed by atoms with E-state index in [-0.39, 0.29) is 17.6 Å². The highest BCUT2D eigenvalue weighted by molar-refractivity contribution is 7.99. The van der Waals surface area contributed by atoms with Crippen LogP contribution in [0.25, 0.3) is 22.1 Å². The summed E-state index contributed by atoms with van der Waals surface area (Å²) in [4.78, 5) is 22.3. The number of amides is 1. The minimum absolute atomic E-state index is 0.102. The lowest BCUT2D eigenvalue weighted by Gasteiger charge is -2.20. The predicted octanol–water partition coefficient (Wildman–Crippen LogP) is 5.14. The SMILES string of the molecule is Cn1c(C(NC(=O)Cn2c(SC(F)F)nc3ccccc32)c2ccccc2)nc2ccccc21. The van der Waals surface area contributed by atoms with Gasteiger partial charge in [0.1, 0.15) is 18.4 Å². The second-order valence-electron chi connectivity index (χ2n) is 7.78. The van der Waals surface area contributed by atoms with Gasteiger partial charge in [0, 0.05) is 7.05 Å². The third kappa shape index (κ3) is 4.26. The average Bonchev–Trinajstić information content (AvgIpc) is 3.35. The van der Waals surface area contributed by atoms with Crippen LogP contribution in [0.15, 0.2) is 84.0 Å². The lowest BCUT2D eigenvalue weighted by atomic mass is 10.1. The van der Waals surface area contributed by atoms with E-state index in [1.54, 1.807) is 24.3 Å². The molecular weight excluding hydrogens is 456 g/mol. The van der Waals surface area contributed by atoms with Gasteiger partial charge in [0.2, 0.25) is 5.91 Å². The lowest BCUT2D eigenvalue weighted by molar-refractivity contribution is -0.122. The van der Waals surface area contributed by atoms with Gasteiger partial charge in [0.05, 0.1) is 22.1 Å². The molecular formula is C25H21F2N5OS. The van der Waals surface area contributed by atoms with Crippen LogP contribution in [-0.4, -0.2) is 30.8 Å². The van der Waals surface area contributed by atoms with Gasteiger partial charge in [-0.05, 0) is 41.6 Å². The first-order valence-electron chi connectivity index (χ1n) is 10.7. The highest BCUT2D eigenvalue weighted by Gasteiger charge is 2.24. The third-order valence-electron chi connectivity index (χ3n) is 5.63. The molecule has 5 aromatic rings. The van der Waals surface area contributed by atoms with E-state index < -0.39 is 11.8 Å². The maximum absolute atomic E-state index is 13.3. The van der Waals surface area contributed by atoms with Gasteiger partial charge >= 0.3 is 0 Å². The Morgan fingerprint density at radius 3 is 2.21 bits per heavy atom. The number of alkyl halides is 2. The van der Waals surface area contributed by atoms with E-state index in [2.05, 4.69) is 10.3 Å². The van der Waals surface area contributed by atoms with Crippen molar-refractivity contribution >= 4 is 39.7 Å². The molecule has 2 aromatic heterocycles. The highest BCUT2D eigenvalue weighted by atomic mass is 32.2. The summed E-state index contributed by atoms with van der Waals surface area (Å²) in [5.74, 6) is -2.30. The Kier molecular flexibility index (Phi) is 6.02. The average molecular weight is 478 g/mol. The number of imidazole rings is 2. The van der Waals surface area contributed by atoms with Crippen LogP contribution in [0.4, 0.5) is 8.78 Å². The van der Waals surface area contributed by atoms with E-state index in [1.165, 1.54) is 4.57 Å². The number of fused-ring (bicyclic) bond motifs is 2. The van der Waals surface area contributed by atoms with Crippen LogP contribution in [0.1, 0.15) is 17.4 Å². The van der Waals surface area contributed by atoms with Gasteiger partial charge in [-0.25, -0.2) is 9.97 Å². The van der Waals surface area contributed by atoms with E-state index in [0.29, 0.717) is 28.6 Å². The van der Waals surface area contributed by atoms with E-state index in [1.807, 2.05) is 66.2 Å². The Morgan fingerprint density at radius 2 is 1.53 bits per heavy atom. The molecule has 34 heavy (non-hydrogen) atoms. The van der Waals surface area contributed by atoms with Crippen LogP contribution in [0.2, 0.25) is 0 Å². The van der Waals surface area contributed by atoms with E-state index in [4.69, 9.17) is 4.98 Å². The van der Waals surface area contributed by atoms with E-state index in [9.17, 15) is 13.6 Å². The lowest BCUT2D eigenvalue weighted by Crippen LogP contribution is -2.33. The second-order valence-corrected chi connectivity index (χ2v) is 8.73. The van der Waals surface area contributed by atoms with Crippen molar-refractivity contribution in [2.75, 3.05) is 0 Å². The number of thioether (sulfide) groups is 1. The van der Waals surface area contributed by atoms with Crippen molar-refractivity contribution in [3.05, 3.63) is 90.3 Å². The minimum atomic E-state index is -2.64. The normalized spacial score (nSPS) is 12.5. The van der Waals surface area contributed by atoms with Crippen molar-refractivity contribution in [1.29, 1.82) is 0 Å². The molecule has 1 atom stereocenters. The van der Waals surface area contributed by atoms with E-state index >= 15 is 0 Å². The molecule has 0 spiro atoms. The number of nitrogens with zero attached hydrogens (tertiary/aromatic N) is 4. The Balaban J connectivity index is 1.50. The van der Waals surface area contributed by atoms with E-state index in [0.717, 1.165) is 16.6 Å². The van der Waals surface area contributed by atoms with Gasteiger partial charge in [-0.3, -0.25) is 4.79 Å². The molecule has 5 rings (SSSR count). The predicted molar refractivity (Wildman–Crippen MR) is 129 cm³/mol. The van der Waals surface area contributed by atoms with Gasteiger partial charge < -0.3 is 14.5 Å². The smallest absolute Gasteiger partial charge is 0.291 e. The number of carbonyl (C=O) groups is 1. The number of hydrogen-bond donors (Lipinski definition) is 1. The maximum atomic E-state index is 13.3. The van der Waals surface area contributed by atoms with Gasteiger partial charge in [-0.2, -0.15) is 8.78 Å². The molecule has 172 valence electrons. The maximum Gasteiger partial charge on any atom is 0.291 e. The second kappa shape index (κ2) is 9.26. The Morgan fingerprint density at radius 1 is 0.912 bits per heavy atom. The fourth-order valence-electron chi connectivity index (χ4n) is 4.09. The molecule has 0 fully saturated rings. The van der Waals surface area contributed by atoms with Crippen LogP contribution < -0.4 is 5.32 Å². The summed E-state index contributed by atoms with van der Waals surface area (Å²) in [7, 11) is 1.91. The molecule has 1 N–H and O–H groups in total. The first-order chi connectivity index (χ1) is 16.5. The number of rotatable bonds is 7. The zero-order valence-corrected chi connectivity index (χ0v) is 19.0. The summed E-state index contributed by atoms with van der Waals surface area (Å²) in [6, 6.07) is 23.9. The molecule has 0 bridgehead atoms. The summed E-state index contributed by atoms with van der Waals surface area (Å²) in [6.45, 7) is -0.150. The molecule has 2 heterocycles. The van der Waals surface area contributed by atoms with Crippen molar-refractivity contribution < 1.29 is 13.6 Å². The zero-order chi connectivity index (χ0) is 23.7. The van der Waals surface area contributed by atoms with Gasteiger partial charge in [0.15, 0.2) is 5.16 Å². The van der Waals surface area contributed by atoms with Crippen molar-refractivity contribution in [3.8, 4) is 0 Å². The molecule has 0 radical (unpaired) electrons. The van der Waals surface area contributed by atoms with Crippen molar-refractivity contribution in [1.82, 2.24) is 24.4 Å². The summed E-state index contributed by atoms with van der Waals surface area (Å²) in [5.41, 5.74) is 3.83. The topological polar surface area (TPSA) is 64.7 Å². The van der Waals surface area contributed by atoms with Crippen molar-refractivity contribution in [2.45, 2.75) is 23.5 Å². The molecule has 0 aliphatic rings. The fraction of sp³-hybridized carbons (Fsp3) is 0.160. The number of aromatic nitrogens is 4. The monoisotopic (exact) mass is 477 g/mol. The molecule has 6 nitrogen and oxygen atoms in total. The molecule has 0 aliphatic carbocycles. The first kappa shape index (κ1) is 22.1. The fourth-order valence-corrected chi connectivity index (χ4v) is 4.69. The molecule has 0 saturated carbocycles. The van der Waals surface area contributed by atoms with Crippen LogP contribution in [0.3, 0.4) is 0 Å². The van der Waals surface area contributed by atoms with Gasteiger partial charge in [-0.15, -0.1) is 0 Å². The summed E-state index contributed by atoms with van der Waals surface area (Å²) >= 11 is 0.332. The summed E-state index contributed by atoms with van der Waals surface area (Å²) < 4.78 is 29.8. The summed E-state index contributed by atoms with van der Waals surface area (Å²) in [6.07, 6.45) is 0. The highest BCUT2D eigenvalue weighted by Crippen LogP contribution is 2.29. The number of aryl methyl sites for hydroxylation is 1. The number of halogens is 2. The zero-order valence-electron chi connectivity index (χ0n) is 18.2. The quantitative estimate of drug-likeness (QED) is 0.330. The van der Waals surface area contributed by atoms with Gasteiger partial charge in [0.25, 0.3) is 5.76 Å². The number of carbonyl (C=O) groups excluding carboxylic acids is 1. The summed E-state index contributed by atoms with van der Waals surface area (Å²) in [5, 5.41) is 3.17. The molecule has 9 heteroatoms. The molecule has 3 aromatic carbocycles. The number of hydrogen-bond acceptors (Lipinski definition) is 4. The van der Waals surface area contributed by atoms with Crippen molar-refractivity contribution in [3.63, 3.8) is 0 Å². The van der Waals surface area contributed by atoms with Crippen LogP contribution in [0, 0.1) is 0 Å². The first-order valence-corrected chi connectivity index (χ1v) is 11.5. The standard InChI is InChI=1S/C25H21F2N5OS/c1-31-19-13-7-5-11-17(19)28-23(31)22(16-9-3-2-4-10-16)30-21(33)15-32-20-14-8-6-12-18(20)29-25(32)34-24(26)27/h2-14,22,24H,15H2,1H3,(H,30,33). The van der Waals surface area contributed by atoms with Crippen LogP contribution in [0.5, 0.6) is 0 Å². The molecule has 1 amide bonds. The van der Waals surface area contributed by atoms with Crippen LogP contribution in [-0.2, 0) is 18.4 Å².